The minimum Gasteiger partial charge on any atom is -0.502 e. The van der Waals surface area contributed by atoms with Gasteiger partial charge in [0.25, 0.3) is 0 Å². The van der Waals surface area contributed by atoms with Crippen molar-refractivity contribution < 1.29 is 58.9 Å². The Hall–Kier alpha value is -3.17. The molecule has 45 heavy (non-hydrogen) atoms. The molecule has 5 N–H and O–H groups in total. The number of nitrogens with zero attached hydrogens (tertiary/aromatic N) is 2. The van der Waals surface area contributed by atoms with E-state index in [0.29, 0.717) is 45.5 Å². The zero-order chi connectivity index (χ0) is 34.0. The molecule has 0 radical (unpaired) electrons. The fraction of sp³-hybridized carbons (Fsp3) is 0.710. The lowest BCUT2D eigenvalue weighted by Crippen LogP contribution is -2.44. The number of hydrogen-bond donors (Lipinski definition) is 5. The van der Waals surface area contributed by atoms with Crippen molar-refractivity contribution in [2.75, 3.05) is 65.8 Å². The third kappa shape index (κ3) is 20.5. The van der Waals surface area contributed by atoms with E-state index < -0.39 is 47.5 Å². The average molecular weight is 647 g/mol. The molecular weight excluding hydrogens is 592 g/mol. The second kappa shape index (κ2) is 26.1. The number of unbranched alkanes of at least 4 members (excludes halogenated alkanes) is 1. The highest BCUT2D eigenvalue weighted by Gasteiger charge is 2.21. The van der Waals surface area contributed by atoms with Gasteiger partial charge >= 0.3 is 17.9 Å². The number of carbonyl (C=O) groups excluding carboxylic acids is 3. The molecule has 0 aromatic carbocycles. The minimum atomic E-state index is -0.980. The van der Waals surface area contributed by atoms with E-state index in [1.54, 1.807) is 4.90 Å². The van der Waals surface area contributed by atoms with Gasteiger partial charge in [-0.2, -0.15) is 0 Å². The Bertz CT molecular complexity index is 900. The molecule has 0 aliphatic rings. The van der Waals surface area contributed by atoms with Crippen molar-refractivity contribution in [2.24, 2.45) is 0 Å². The summed E-state index contributed by atoms with van der Waals surface area (Å²) < 4.78 is 20.7. The van der Waals surface area contributed by atoms with Gasteiger partial charge in [0.15, 0.2) is 17.3 Å². The molecule has 2 unspecified atom stereocenters. The van der Waals surface area contributed by atoms with Crippen molar-refractivity contribution in [1.29, 1.82) is 0 Å². The smallest absolute Gasteiger partial charge is 0.373 e. The average Bonchev–Trinajstić information content (AvgIpc) is 3.04. The van der Waals surface area contributed by atoms with Gasteiger partial charge in [-0.3, -0.25) is 4.90 Å². The number of aliphatic hydroxyl groups is 5. The standard InChI is InChI=1S/C31H54N2O12/c1-5-9-18-42-23-24(34)22-33(16-12-21-45-31(41)27(37)8-4)28(38)13-17-32(14-10-19-43-29(39)25(35)6-2)15-11-20-44-30(40)26(36)7-3/h6-8,24,28,34-38H,5,9-23H2,1-4H3. The fourth-order valence-electron chi connectivity index (χ4n) is 3.88. The van der Waals surface area contributed by atoms with Crippen LogP contribution in [0.4, 0.5) is 0 Å². The van der Waals surface area contributed by atoms with Crippen molar-refractivity contribution in [3.05, 3.63) is 35.5 Å². The van der Waals surface area contributed by atoms with Gasteiger partial charge in [0.1, 0.15) is 6.23 Å². The normalized spacial score (nSPS) is 14.0. The highest BCUT2D eigenvalue weighted by Crippen LogP contribution is 2.09. The minimum absolute atomic E-state index is 0.00182. The highest BCUT2D eigenvalue weighted by atomic mass is 16.6. The topological polar surface area (TPSA) is 196 Å². The van der Waals surface area contributed by atoms with E-state index in [4.69, 9.17) is 18.9 Å². The molecule has 0 aromatic rings. The van der Waals surface area contributed by atoms with Crippen LogP contribution in [0.1, 0.15) is 66.2 Å². The van der Waals surface area contributed by atoms with Crippen LogP contribution in [0.3, 0.4) is 0 Å². The number of allylic oxidation sites excluding steroid dienone is 3. The Labute approximate surface area is 266 Å². The lowest BCUT2D eigenvalue weighted by molar-refractivity contribution is -0.143. The highest BCUT2D eigenvalue weighted by molar-refractivity contribution is 5.86. The molecule has 0 aliphatic carbocycles. The summed E-state index contributed by atoms with van der Waals surface area (Å²) in [7, 11) is 0. The predicted molar refractivity (Wildman–Crippen MR) is 166 cm³/mol. The van der Waals surface area contributed by atoms with Gasteiger partial charge in [0.2, 0.25) is 0 Å². The molecule has 0 aromatic heterocycles. The summed E-state index contributed by atoms with van der Waals surface area (Å²) >= 11 is 0. The van der Waals surface area contributed by atoms with Crippen LogP contribution in [-0.2, 0) is 33.3 Å². The largest absolute Gasteiger partial charge is 0.502 e. The zero-order valence-corrected chi connectivity index (χ0v) is 27.2. The van der Waals surface area contributed by atoms with Crippen LogP contribution in [0.15, 0.2) is 35.5 Å². The van der Waals surface area contributed by atoms with Crippen LogP contribution in [0.25, 0.3) is 0 Å². The van der Waals surface area contributed by atoms with Gasteiger partial charge in [0, 0.05) is 39.3 Å². The molecule has 0 rings (SSSR count). The fourth-order valence-corrected chi connectivity index (χ4v) is 3.88. The first kappa shape index (κ1) is 41.8. The lowest BCUT2D eigenvalue weighted by atomic mass is 10.2. The summed E-state index contributed by atoms with van der Waals surface area (Å²) in [6, 6.07) is 0. The van der Waals surface area contributed by atoms with Crippen molar-refractivity contribution in [1.82, 2.24) is 9.80 Å². The van der Waals surface area contributed by atoms with Crippen molar-refractivity contribution in [2.45, 2.75) is 78.6 Å². The van der Waals surface area contributed by atoms with Gasteiger partial charge < -0.3 is 49.4 Å². The molecule has 14 nitrogen and oxygen atoms in total. The molecule has 0 aliphatic heterocycles. The zero-order valence-electron chi connectivity index (χ0n) is 27.2. The maximum Gasteiger partial charge on any atom is 0.373 e. The summed E-state index contributed by atoms with van der Waals surface area (Å²) in [5.41, 5.74) is 0. The van der Waals surface area contributed by atoms with Crippen LogP contribution in [-0.4, -0.2) is 131 Å². The first-order valence-electron chi connectivity index (χ1n) is 15.5. The molecule has 2 atom stereocenters. The number of hydrogen-bond acceptors (Lipinski definition) is 14. The predicted octanol–water partition coefficient (Wildman–Crippen LogP) is 2.66. The van der Waals surface area contributed by atoms with Crippen LogP contribution in [0, 0.1) is 0 Å². The second-order valence-electron chi connectivity index (χ2n) is 10.2. The molecule has 0 amide bonds. The van der Waals surface area contributed by atoms with E-state index in [0.717, 1.165) is 12.8 Å². The van der Waals surface area contributed by atoms with Gasteiger partial charge in [-0.1, -0.05) is 13.3 Å². The molecule has 14 heteroatoms. The quantitative estimate of drug-likeness (QED) is 0.0230. The summed E-state index contributed by atoms with van der Waals surface area (Å²) in [5.74, 6) is -3.94. The van der Waals surface area contributed by atoms with Gasteiger partial charge in [-0.15, -0.1) is 0 Å². The van der Waals surface area contributed by atoms with Crippen molar-refractivity contribution in [3.63, 3.8) is 0 Å². The Balaban J connectivity index is 5.25. The molecule has 0 heterocycles. The summed E-state index contributed by atoms with van der Waals surface area (Å²) in [6.45, 7) is 8.99. The van der Waals surface area contributed by atoms with E-state index >= 15 is 0 Å². The number of rotatable bonds is 26. The summed E-state index contributed by atoms with van der Waals surface area (Å²) in [6.07, 6.45) is 5.14. The second-order valence-corrected chi connectivity index (χ2v) is 10.2. The van der Waals surface area contributed by atoms with Gasteiger partial charge in [-0.25, -0.2) is 14.4 Å². The molecular formula is C31H54N2O12. The first-order chi connectivity index (χ1) is 21.5. The lowest BCUT2D eigenvalue weighted by Gasteiger charge is -2.31. The van der Waals surface area contributed by atoms with Crippen LogP contribution >= 0.6 is 0 Å². The van der Waals surface area contributed by atoms with Gasteiger partial charge in [0.05, 0.1) is 32.5 Å². The third-order valence-electron chi connectivity index (χ3n) is 6.50. The van der Waals surface area contributed by atoms with Gasteiger partial charge in [-0.05, 0) is 71.1 Å². The Kier molecular flexibility index (Phi) is 24.2. The van der Waals surface area contributed by atoms with E-state index in [2.05, 4.69) is 0 Å². The SMILES string of the molecule is CC=C(O)C(=O)OCCCN(CCCOC(=O)C(O)=CC)CCC(O)N(CCCOC(=O)C(O)=CC)CC(O)COCCCC. The number of carbonyl (C=O) groups is 3. The van der Waals surface area contributed by atoms with Crippen molar-refractivity contribution >= 4 is 17.9 Å². The Morgan fingerprint density at radius 3 is 1.53 bits per heavy atom. The maximum atomic E-state index is 11.7. The number of esters is 3. The molecule has 0 fully saturated rings. The molecule has 0 saturated carbocycles. The molecule has 260 valence electrons. The first-order valence-corrected chi connectivity index (χ1v) is 15.5. The van der Waals surface area contributed by atoms with E-state index in [9.17, 15) is 39.9 Å². The third-order valence-corrected chi connectivity index (χ3v) is 6.50. The Morgan fingerprint density at radius 1 is 0.667 bits per heavy atom. The Morgan fingerprint density at radius 2 is 1.11 bits per heavy atom. The summed E-state index contributed by atoms with van der Waals surface area (Å²) in [5, 5.41) is 50.1. The van der Waals surface area contributed by atoms with Crippen LogP contribution in [0.2, 0.25) is 0 Å². The van der Waals surface area contributed by atoms with Crippen LogP contribution in [0.5, 0.6) is 0 Å². The monoisotopic (exact) mass is 646 g/mol. The van der Waals surface area contributed by atoms with Crippen molar-refractivity contribution in [3.8, 4) is 0 Å². The molecule has 0 bridgehead atoms. The molecule has 0 spiro atoms. The molecule has 0 saturated heterocycles. The summed E-state index contributed by atoms with van der Waals surface area (Å²) in [4.78, 5) is 38.8. The van der Waals surface area contributed by atoms with E-state index in [-0.39, 0.29) is 45.9 Å². The van der Waals surface area contributed by atoms with E-state index in [1.807, 2.05) is 11.8 Å². The maximum absolute atomic E-state index is 11.7. The number of aliphatic hydroxyl groups excluding tert-OH is 5. The number of ether oxygens (including phenoxy) is 4. The van der Waals surface area contributed by atoms with Crippen LogP contribution < -0.4 is 0 Å². The van der Waals surface area contributed by atoms with E-state index in [1.165, 1.54) is 39.0 Å².